The van der Waals surface area contributed by atoms with Crippen LogP contribution in [0.4, 0.5) is 0 Å². The molecule has 18 heavy (non-hydrogen) atoms. The second kappa shape index (κ2) is 5.52. The summed E-state index contributed by atoms with van der Waals surface area (Å²) in [5.41, 5.74) is 3.38. The summed E-state index contributed by atoms with van der Waals surface area (Å²) in [5.74, 6) is 5.48. The van der Waals surface area contributed by atoms with E-state index in [-0.39, 0.29) is 0 Å². The minimum absolute atomic E-state index is 0.415. The summed E-state index contributed by atoms with van der Waals surface area (Å²) in [4.78, 5) is 3.89. The second-order valence-corrected chi connectivity index (χ2v) is 7.77. The molecular formula is C11H18ClN3O2S. The number of pyridine rings is 1. The van der Waals surface area contributed by atoms with E-state index in [0.29, 0.717) is 11.4 Å². The highest BCUT2D eigenvalue weighted by Gasteiger charge is 2.38. The Hall–Kier alpha value is -0.690. The third-order valence-electron chi connectivity index (χ3n) is 3.28. The molecule has 3 N–H and O–H groups in total. The van der Waals surface area contributed by atoms with Crippen LogP contribution in [0, 0.1) is 0 Å². The van der Waals surface area contributed by atoms with Gasteiger partial charge in [0.1, 0.15) is 0 Å². The van der Waals surface area contributed by atoms with Gasteiger partial charge in [0, 0.05) is 24.7 Å². The van der Waals surface area contributed by atoms with E-state index in [0.717, 1.165) is 5.56 Å². The highest BCUT2D eigenvalue weighted by molar-refractivity contribution is 7.92. The van der Waals surface area contributed by atoms with Crippen LogP contribution in [0.5, 0.6) is 0 Å². The van der Waals surface area contributed by atoms with Crippen LogP contribution in [0.2, 0.25) is 5.02 Å². The van der Waals surface area contributed by atoms with Gasteiger partial charge in [-0.1, -0.05) is 11.6 Å². The van der Waals surface area contributed by atoms with Crippen molar-refractivity contribution in [1.29, 1.82) is 0 Å². The second-order valence-electron chi connectivity index (χ2n) is 4.77. The zero-order valence-electron chi connectivity index (χ0n) is 10.6. The predicted molar refractivity (Wildman–Crippen MR) is 73.0 cm³/mol. The van der Waals surface area contributed by atoms with Gasteiger partial charge in [-0.25, -0.2) is 8.42 Å². The van der Waals surface area contributed by atoms with Gasteiger partial charge < -0.3 is 0 Å². The lowest BCUT2D eigenvalue weighted by atomic mass is 9.96. The fourth-order valence-electron chi connectivity index (χ4n) is 1.55. The number of sulfone groups is 1. The van der Waals surface area contributed by atoms with Crippen LogP contribution in [-0.4, -0.2) is 30.4 Å². The number of nitrogens with two attached hydrogens (primary N) is 1. The van der Waals surface area contributed by atoms with Gasteiger partial charge in [0.25, 0.3) is 0 Å². The largest absolute Gasteiger partial charge is 0.271 e. The zero-order valence-corrected chi connectivity index (χ0v) is 12.2. The summed E-state index contributed by atoms with van der Waals surface area (Å²) in [6.45, 7) is 3.28. The van der Waals surface area contributed by atoms with Crippen molar-refractivity contribution >= 4 is 21.4 Å². The molecule has 7 heteroatoms. The fourth-order valence-corrected chi connectivity index (χ4v) is 2.42. The summed E-state index contributed by atoms with van der Waals surface area (Å²) >= 11 is 6.01. The number of halogens is 1. The topological polar surface area (TPSA) is 85.1 Å². The Morgan fingerprint density at radius 2 is 2.17 bits per heavy atom. The molecule has 1 rings (SSSR count). The maximum absolute atomic E-state index is 11.8. The van der Waals surface area contributed by atoms with E-state index in [4.69, 9.17) is 17.4 Å². The molecule has 1 heterocycles. The summed E-state index contributed by atoms with van der Waals surface area (Å²) in [7, 11) is -3.25. The fraction of sp³-hybridized carbons (Fsp3) is 0.545. The lowest BCUT2D eigenvalue weighted by molar-refractivity contribution is 0.413. The van der Waals surface area contributed by atoms with Crippen molar-refractivity contribution in [3.8, 4) is 0 Å². The lowest BCUT2D eigenvalue weighted by Crippen LogP contribution is -2.55. The van der Waals surface area contributed by atoms with Crippen molar-refractivity contribution in [1.82, 2.24) is 10.4 Å². The van der Waals surface area contributed by atoms with Crippen molar-refractivity contribution < 1.29 is 8.42 Å². The Morgan fingerprint density at radius 1 is 1.56 bits per heavy atom. The van der Waals surface area contributed by atoms with Gasteiger partial charge in [-0.05, 0) is 31.9 Å². The van der Waals surface area contributed by atoms with Crippen LogP contribution in [0.15, 0.2) is 18.5 Å². The maximum atomic E-state index is 11.8. The number of hydrogen-bond acceptors (Lipinski definition) is 5. The molecule has 0 aromatic carbocycles. The summed E-state index contributed by atoms with van der Waals surface area (Å²) in [6.07, 6.45) is 4.75. The van der Waals surface area contributed by atoms with Crippen molar-refractivity contribution in [2.24, 2.45) is 5.84 Å². The molecule has 0 saturated carbocycles. The molecule has 0 aliphatic heterocycles. The van der Waals surface area contributed by atoms with Crippen LogP contribution < -0.4 is 11.3 Å². The molecular weight excluding hydrogens is 274 g/mol. The quantitative estimate of drug-likeness (QED) is 0.623. The smallest absolute Gasteiger partial charge is 0.154 e. The molecule has 1 unspecified atom stereocenters. The van der Waals surface area contributed by atoms with Crippen LogP contribution in [-0.2, 0) is 16.3 Å². The van der Waals surface area contributed by atoms with Gasteiger partial charge in [-0.3, -0.25) is 16.3 Å². The normalized spacial score (nSPS) is 14.5. The highest BCUT2D eigenvalue weighted by atomic mass is 35.5. The average molecular weight is 292 g/mol. The third kappa shape index (κ3) is 3.20. The summed E-state index contributed by atoms with van der Waals surface area (Å²) in [5, 5.41) is 0.502. The van der Waals surface area contributed by atoms with E-state index >= 15 is 0 Å². The number of nitrogens with zero attached hydrogens (tertiary/aromatic N) is 1. The number of nitrogens with one attached hydrogen (secondary N) is 1. The van der Waals surface area contributed by atoms with Crippen molar-refractivity contribution in [3.63, 3.8) is 0 Å². The Morgan fingerprint density at radius 3 is 2.61 bits per heavy atom. The van der Waals surface area contributed by atoms with Gasteiger partial charge in [-0.2, -0.15) is 0 Å². The van der Waals surface area contributed by atoms with E-state index in [1.165, 1.54) is 12.5 Å². The molecule has 1 atom stereocenters. The van der Waals surface area contributed by atoms with E-state index < -0.39 is 20.6 Å². The minimum Gasteiger partial charge on any atom is -0.271 e. The molecule has 0 aliphatic rings. The molecule has 0 spiro atoms. The third-order valence-corrected chi connectivity index (χ3v) is 5.81. The van der Waals surface area contributed by atoms with Gasteiger partial charge in [0.15, 0.2) is 9.84 Å². The number of aromatic nitrogens is 1. The molecule has 0 amide bonds. The first-order chi connectivity index (χ1) is 8.20. The zero-order chi connectivity index (χ0) is 14.0. The predicted octanol–water partition coefficient (Wildman–Crippen LogP) is 0.933. The maximum Gasteiger partial charge on any atom is 0.154 e. The molecule has 0 aliphatic carbocycles. The number of rotatable bonds is 5. The Kier molecular flexibility index (Phi) is 4.72. The van der Waals surface area contributed by atoms with E-state index in [1.54, 1.807) is 26.1 Å². The lowest BCUT2D eigenvalue weighted by Gasteiger charge is -2.32. The molecule has 5 nitrogen and oxygen atoms in total. The van der Waals surface area contributed by atoms with E-state index in [9.17, 15) is 8.42 Å². The number of hydrogen-bond donors (Lipinski definition) is 2. The van der Waals surface area contributed by atoms with Crippen molar-refractivity contribution in [2.45, 2.75) is 31.1 Å². The molecule has 0 radical (unpaired) electrons. The highest BCUT2D eigenvalue weighted by Crippen LogP contribution is 2.25. The molecule has 102 valence electrons. The molecule has 0 saturated heterocycles. The van der Waals surface area contributed by atoms with Crippen LogP contribution in [0.1, 0.15) is 19.4 Å². The molecule has 0 bridgehead atoms. The van der Waals surface area contributed by atoms with Crippen LogP contribution in [0.25, 0.3) is 0 Å². The Labute approximate surface area is 113 Å². The van der Waals surface area contributed by atoms with Gasteiger partial charge in [0.05, 0.1) is 9.77 Å². The standard InChI is InChI=1S/C11H18ClN3O2S/c1-11(2,18(3,16)17)10(15-13)6-8-4-5-14-7-9(8)12/h4-5,7,10,15H,6,13H2,1-3H3. The first-order valence-corrected chi connectivity index (χ1v) is 7.71. The van der Waals surface area contributed by atoms with E-state index in [1.807, 2.05) is 0 Å². The Bertz CT molecular complexity index is 517. The van der Waals surface area contributed by atoms with Gasteiger partial charge in [-0.15, -0.1) is 0 Å². The minimum atomic E-state index is -3.25. The molecule has 0 fully saturated rings. The van der Waals surface area contributed by atoms with E-state index in [2.05, 4.69) is 10.4 Å². The summed E-state index contributed by atoms with van der Waals surface area (Å²) < 4.78 is 22.6. The van der Waals surface area contributed by atoms with Crippen molar-refractivity contribution in [3.05, 3.63) is 29.0 Å². The first kappa shape index (κ1) is 15.4. The number of hydrazine groups is 1. The Balaban J connectivity index is 3.04. The molecule has 1 aromatic heterocycles. The monoisotopic (exact) mass is 291 g/mol. The van der Waals surface area contributed by atoms with Gasteiger partial charge >= 0.3 is 0 Å². The molecule has 1 aromatic rings. The SMILES string of the molecule is CC(C)(C(Cc1ccncc1Cl)NN)S(C)(=O)=O. The van der Waals surface area contributed by atoms with Gasteiger partial charge in [0.2, 0.25) is 0 Å². The average Bonchev–Trinajstić information content (AvgIpc) is 2.26. The van der Waals surface area contributed by atoms with Crippen LogP contribution >= 0.6 is 11.6 Å². The first-order valence-electron chi connectivity index (χ1n) is 5.44. The van der Waals surface area contributed by atoms with Crippen LogP contribution in [0.3, 0.4) is 0 Å². The summed E-state index contributed by atoms with van der Waals surface area (Å²) in [6, 6.07) is 1.32. The van der Waals surface area contributed by atoms with Crippen molar-refractivity contribution in [2.75, 3.05) is 6.26 Å².